The van der Waals surface area contributed by atoms with Crippen LogP contribution in [0.1, 0.15) is 45.1 Å². The first-order chi connectivity index (χ1) is 17.2. The maximum Gasteiger partial charge on any atom is 0.338 e. The number of methoxy groups -OCH3 is 3. The number of carbonyl (C=O) groups is 3. The number of nitrogens with zero attached hydrogens (tertiary/aromatic N) is 1. The molecule has 1 aromatic rings. The first kappa shape index (κ1) is 27.3. The van der Waals surface area contributed by atoms with Crippen LogP contribution >= 0.6 is 11.8 Å². The van der Waals surface area contributed by atoms with Gasteiger partial charge >= 0.3 is 11.9 Å². The molecule has 1 fully saturated rings. The van der Waals surface area contributed by atoms with Crippen molar-refractivity contribution < 1.29 is 38.1 Å². The maximum atomic E-state index is 13.4. The highest BCUT2D eigenvalue weighted by Crippen LogP contribution is 2.51. The molecule has 196 valence electrons. The number of amides is 1. The highest BCUT2D eigenvalue weighted by molar-refractivity contribution is 8.04. The normalized spacial score (nSPS) is 19.3. The molecule has 11 heteroatoms. The minimum absolute atomic E-state index is 0.0322. The van der Waals surface area contributed by atoms with Crippen LogP contribution in [-0.2, 0) is 23.9 Å². The molecule has 0 bridgehead atoms. The zero-order valence-electron chi connectivity index (χ0n) is 21.3. The number of hydrogen-bond donors (Lipinski definition) is 1. The van der Waals surface area contributed by atoms with E-state index in [1.54, 1.807) is 26.0 Å². The summed E-state index contributed by atoms with van der Waals surface area (Å²) in [6.07, 6.45) is 1.46. The van der Waals surface area contributed by atoms with Crippen molar-refractivity contribution in [2.75, 3.05) is 34.5 Å². The SMILES string of the molecule is CCCCOC(=O)C1=C(N)N2C(=O)[C@H](C)SC2=C(C(=O)OCC)[C@@H]1c1cc(OC)c(OC)c(OC)c1. The highest BCUT2D eigenvalue weighted by Gasteiger charge is 2.49. The van der Waals surface area contributed by atoms with Gasteiger partial charge in [-0.2, -0.15) is 0 Å². The molecule has 0 unspecified atom stereocenters. The molecular formula is C25H32N2O8S. The number of carbonyl (C=O) groups excluding carboxylic acids is 3. The number of rotatable bonds is 10. The van der Waals surface area contributed by atoms with Crippen molar-refractivity contribution in [3.05, 3.63) is 39.7 Å². The fourth-order valence-electron chi connectivity index (χ4n) is 4.13. The summed E-state index contributed by atoms with van der Waals surface area (Å²) in [6, 6.07) is 3.28. The number of thioether (sulfide) groups is 1. The number of fused-ring (bicyclic) bond motifs is 1. The lowest BCUT2D eigenvalue weighted by molar-refractivity contribution is -0.140. The Morgan fingerprint density at radius 1 is 1.00 bits per heavy atom. The molecule has 0 saturated carbocycles. The largest absolute Gasteiger partial charge is 0.493 e. The Hall–Kier alpha value is -3.34. The third kappa shape index (κ3) is 4.84. The quantitative estimate of drug-likeness (QED) is 0.363. The van der Waals surface area contributed by atoms with Crippen LogP contribution in [0.4, 0.5) is 0 Å². The molecule has 1 aromatic carbocycles. The van der Waals surface area contributed by atoms with Crippen LogP contribution in [0.15, 0.2) is 34.1 Å². The summed E-state index contributed by atoms with van der Waals surface area (Å²) in [7, 11) is 4.40. The molecule has 2 N–H and O–H groups in total. The molecule has 0 aliphatic carbocycles. The third-order valence-corrected chi connectivity index (χ3v) is 7.03. The Bertz CT molecular complexity index is 1090. The van der Waals surface area contributed by atoms with Crippen LogP contribution < -0.4 is 19.9 Å². The molecule has 0 spiro atoms. The van der Waals surface area contributed by atoms with Gasteiger partial charge in [0.05, 0.1) is 61.9 Å². The zero-order valence-corrected chi connectivity index (χ0v) is 22.2. The van der Waals surface area contributed by atoms with E-state index < -0.39 is 23.1 Å². The average Bonchev–Trinajstić information content (AvgIpc) is 3.16. The number of ether oxygens (including phenoxy) is 5. The zero-order chi connectivity index (χ0) is 26.6. The maximum absolute atomic E-state index is 13.4. The molecular weight excluding hydrogens is 488 g/mol. The predicted octanol–water partition coefficient (Wildman–Crippen LogP) is 3.06. The van der Waals surface area contributed by atoms with Gasteiger partial charge in [-0.3, -0.25) is 9.69 Å². The van der Waals surface area contributed by atoms with E-state index in [-0.39, 0.29) is 36.1 Å². The van der Waals surface area contributed by atoms with Gasteiger partial charge in [-0.25, -0.2) is 9.59 Å². The number of nitrogens with two attached hydrogens (primary N) is 1. The standard InChI is InChI=1S/C25H32N2O8S/c1-7-9-10-35-24(29)18-17(14-11-15(31-4)20(33-6)16(12-14)32-5)19(25(30)34-8-2)23-27(21(18)26)22(28)13(3)36-23/h11-13,17H,7-10,26H2,1-6H3/t13-,17+/m0/s1. The second-order valence-electron chi connectivity index (χ2n) is 8.05. The van der Waals surface area contributed by atoms with Gasteiger partial charge in [0.25, 0.3) is 0 Å². The van der Waals surface area contributed by atoms with Crippen LogP contribution in [0, 0.1) is 0 Å². The molecule has 2 heterocycles. The van der Waals surface area contributed by atoms with Crippen LogP contribution in [0.3, 0.4) is 0 Å². The topological polar surface area (TPSA) is 127 Å². The second kappa shape index (κ2) is 11.6. The average molecular weight is 521 g/mol. The summed E-state index contributed by atoms with van der Waals surface area (Å²) in [5, 5.41) is -0.189. The summed E-state index contributed by atoms with van der Waals surface area (Å²) in [6.45, 7) is 5.62. The summed E-state index contributed by atoms with van der Waals surface area (Å²) in [5.74, 6) is -1.84. The predicted molar refractivity (Wildman–Crippen MR) is 133 cm³/mol. The second-order valence-corrected chi connectivity index (χ2v) is 9.38. The van der Waals surface area contributed by atoms with Crippen molar-refractivity contribution in [3.8, 4) is 17.2 Å². The summed E-state index contributed by atoms with van der Waals surface area (Å²) in [5.41, 5.74) is 7.02. The lowest BCUT2D eigenvalue weighted by Crippen LogP contribution is -2.40. The Kier molecular flexibility index (Phi) is 8.78. The van der Waals surface area contributed by atoms with Crippen molar-refractivity contribution in [1.82, 2.24) is 4.90 Å². The molecule has 36 heavy (non-hydrogen) atoms. The van der Waals surface area contributed by atoms with Gasteiger partial charge in [-0.1, -0.05) is 25.1 Å². The van der Waals surface area contributed by atoms with E-state index in [0.717, 1.165) is 6.42 Å². The number of esters is 2. The van der Waals surface area contributed by atoms with Gasteiger partial charge in [0.2, 0.25) is 11.7 Å². The van der Waals surface area contributed by atoms with Crippen LogP contribution in [0.2, 0.25) is 0 Å². The minimum atomic E-state index is -1.01. The van der Waals surface area contributed by atoms with E-state index in [2.05, 4.69) is 0 Å². The Morgan fingerprint density at radius 3 is 2.14 bits per heavy atom. The van der Waals surface area contributed by atoms with E-state index >= 15 is 0 Å². The molecule has 0 radical (unpaired) electrons. The van der Waals surface area contributed by atoms with E-state index in [1.807, 2.05) is 6.92 Å². The van der Waals surface area contributed by atoms with Gasteiger partial charge in [-0.15, -0.1) is 0 Å². The summed E-state index contributed by atoms with van der Waals surface area (Å²) in [4.78, 5) is 41.0. The van der Waals surface area contributed by atoms with Crippen molar-refractivity contribution >= 4 is 29.6 Å². The van der Waals surface area contributed by atoms with Crippen LogP contribution in [0.5, 0.6) is 17.2 Å². The van der Waals surface area contributed by atoms with Crippen molar-refractivity contribution in [3.63, 3.8) is 0 Å². The molecule has 2 atom stereocenters. The summed E-state index contributed by atoms with van der Waals surface area (Å²) < 4.78 is 27.3. The molecule has 1 saturated heterocycles. The first-order valence-corrected chi connectivity index (χ1v) is 12.5. The van der Waals surface area contributed by atoms with Crippen molar-refractivity contribution in [2.45, 2.75) is 44.8 Å². The number of unbranched alkanes of at least 4 members (excludes halogenated alkanes) is 1. The third-order valence-electron chi connectivity index (χ3n) is 5.85. The van der Waals surface area contributed by atoms with E-state index in [0.29, 0.717) is 34.3 Å². The van der Waals surface area contributed by atoms with Gasteiger partial charge in [-0.05, 0) is 38.0 Å². The highest BCUT2D eigenvalue weighted by atomic mass is 32.2. The summed E-state index contributed by atoms with van der Waals surface area (Å²) >= 11 is 1.19. The van der Waals surface area contributed by atoms with Gasteiger partial charge in [0.1, 0.15) is 5.82 Å². The van der Waals surface area contributed by atoms with Gasteiger partial charge < -0.3 is 29.4 Å². The fraction of sp³-hybridized carbons (Fsp3) is 0.480. The molecule has 2 aliphatic heterocycles. The Labute approximate surface area is 214 Å². The minimum Gasteiger partial charge on any atom is -0.493 e. The van der Waals surface area contributed by atoms with Gasteiger partial charge in [0, 0.05) is 0 Å². The lowest BCUT2D eigenvalue weighted by Gasteiger charge is -2.33. The molecule has 10 nitrogen and oxygen atoms in total. The van der Waals surface area contributed by atoms with Crippen molar-refractivity contribution in [2.24, 2.45) is 5.73 Å². The lowest BCUT2D eigenvalue weighted by atomic mass is 9.82. The first-order valence-electron chi connectivity index (χ1n) is 11.6. The Balaban J connectivity index is 2.33. The van der Waals surface area contributed by atoms with Crippen molar-refractivity contribution in [1.29, 1.82) is 0 Å². The van der Waals surface area contributed by atoms with Crippen LogP contribution in [-0.4, -0.2) is 62.5 Å². The Morgan fingerprint density at radius 2 is 1.61 bits per heavy atom. The van der Waals surface area contributed by atoms with Crippen LogP contribution in [0.25, 0.3) is 0 Å². The fourth-order valence-corrected chi connectivity index (χ4v) is 5.29. The molecule has 0 aromatic heterocycles. The molecule has 1 amide bonds. The van der Waals surface area contributed by atoms with E-state index in [9.17, 15) is 14.4 Å². The van der Waals surface area contributed by atoms with E-state index in [4.69, 9.17) is 29.4 Å². The molecule has 2 aliphatic rings. The van der Waals surface area contributed by atoms with E-state index in [1.165, 1.54) is 38.0 Å². The molecule has 3 rings (SSSR count). The van der Waals surface area contributed by atoms with Gasteiger partial charge in [0.15, 0.2) is 11.5 Å². The number of hydrogen-bond acceptors (Lipinski definition) is 10. The smallest absolute Gasteiger partial charge is 0.338 e. The number of benzene rings is 1. The monoisotopic (exact) mass is 520 g/mol.